The number of carbonyl (C=O) groups is 2. The number of hydrogen-bond donors (Lipinski definition) is 0. The average Bonchev–Trinajstić information content (AvgIpc) is 2.03. The summed E-state index contributed by atoms with van der Waals surface area (Å²) in [6, 6.07) is 0. The van der Waals surface area contributed by atoms with Gasteiger partial charge in [0.15, 0.2) is 6.10 Å². The molecule has 4 nitrogen and oxygen atoms in total. The summed E-state index contributed by atoms with van der Waals surface area (Å²) in [6.07, 6.45) is -0.300. The highest BCUT2D eigenvalue weighted by molar-refractivity contribution is 5.87. The van der Waals surface area contributed by atoms with Crippen molar-refractivity contribution in [3.05, 3.63) is 0 Å². The van der Waals surface area contributed by atoms with E-state index in [2.05, 4.69) is 0 Å². The van der Waals surface area contributed by atoms with Crippen molar-refractivity contribution in [2.45, 2.75) is 38.9 Å². The van der Waals surface area contributed by atoms with Gasteiger partial charge in [0, 0.05) is 12.8 Å². The molecule has 0 aromatic heterocycles. The van der Waals surface area contributed by atoms with E-state index in [1.807, 2.05) is 0 Å². The minimum Gasteiger partial charge on any atom is -0.464 e. The lowest BCUT2D eigenvalue weighted by Crippen LogP contribution is -2.37. The summed E-state index contributed by atoms with van der Waals surface area (Å²) in [5.74, 6) is -0.362. The van der Waals surface area contributed by atoms with Crippen LogP contribution >= 0.6 is 0 Å². The third-order valence-electron chi connectivity index (χ3n) is 1.87. The van der Waals surface area contributed by atoms with Crippen molar-refractivity contribution in [2.75, 3.05) is 6.61 Å². The van der Waals surface area contributed by atoms with Crippen molar-refractivity contribution in [2.24, 2.45) is 0 Å². The maximum Gasteiger partial charge on any atom is 0.335 e. The van der Waals surface area contributed by atoms with E-state index in [1.54, 1.807) is 13.8 Å². The zero-order valence-corrected chi connectivity index (χ0v) is 7.91. The molecule has 0 aromatic carbocycles. The summed E-state index contributed by atoms with van der Waals surface area (Å²) >= 11 is 0. The van der Waals surface area contributed by atoms with Crippen LogP contribution in [-0.2, 0) is 19.1 Å². The van der Waals surface area contributed by atoms with Crippen molar-refractivity contribution < 1.29 is 19.1 Å². The molecule has 1 saturated heterocycles. The van der Waals surface area contributed by atoms with Crippen LogP contribution in [0.4, 0.5) is 0 Å². The summed E-state index contributed by atoms with van der Waals surface area (Å²) in [5, 5.41) is 0. The van der Waals surface area contributed by atoms with Gasteiger partial charge in [-0.25, -0.2) is 4.79 Å². The van der Waals surface area contributed by atoms with Crippen LogP contribution in [-0.4, -0.2) is 30.6 Å². The second-order valence-electron chi connectivity index (χ2n) is 3.13. The Morgan fingerprint density at radius 2 is 2.31 bits per heavy atom. The fraction of sp³-hybridized carbons (Fsp3) is 0.778. The molecule has 13 heavy (non-hydrogen) atoms. The molecule has 0 radical (unpaired) electrons. The quantitative estimate of drug-likeness (QED) is 0.595. The fourth-order valence-electron chi connectivity index (χ4n) is 1.36. The van der Waals surface area contributed by atoms with Crippen molar-refractivity contribution >= 4 is 11.8 Å². The maximum absolute atomic E-state index is 11.2. The van der Waals surface area contributed by atoms with Gasteiger partial charge in [-0.15, -0.1) is 0 Å². The molecule has 0 bridgehead atoms. The van der Waals surface area contributed by atoms with Crippen LogP contribution < -0.4 is 0 Å². The lowest BCUT2D eigenvalue weighted by Gasteiger charge is -2.25. The highest BCUT2D eigenvalue weighted by Crippen LogP contribution is 2.16. The Labute approximate surface area is 77.2 Å². The van der Waals surface area contributed by atoms with Crippen molar-refractivity contribution in [1.82, 2.24) is 0 Å². The van der Waals surface area contributed by atoms with Crippen molar-refractivity contribution in [3.8, 4) is 0 Å². The Balaban J connectivity index is 2.49. The number of ether oxygens (including phenoxy) is 2. The van der Waals surface area contributed by atoms with E-state index in [4.69, 9.17) is 9.47 Å². The van der Waals surface area contributed by atoms with Crippen LogP contribution in [0.3, 0.4) is 0 Å². The molecular formula is C9H14O4. The molecular weight excluding hydrogens is 172 g/mol. The van der Waals surface area contributed by atoms with E-state index in [0.29, 0.717) is 13.0 Å². The summed E-state index contributed by atoms with van der Waals surface area (Å²) in [6.45, 7) is 3.83. The second-order valence-corrected chi connectivity index (χ2v) is 3.13. The highest BCUT2D eigenvalue weighted by Gasteiger charge is 2.31. The zero-order chi connectivity index (χ0) is 9.84. The maximum atomic E-state index is 11.2. The minimum absolute atomic E-state index is 0.0665. The first-order valence-electron chi connectivity index (χ1n) is 4.47. The first-order valence-corrected chi connectivity index (χ1v) is 4.47. The molecule has 0 aromatic rings. The molecule has 0 N–H and O–H groups in total. The molecule has 0 unspecified atom stereocenters. The van der Waals surface area contributed by atoms with Gasteiger partial charge in [-0.3, -0.25) is 4.79 Å². The van der Waals surface area contributed by atoms with Crippen LogP contribution in [0.1, 0.15) is 26.7 Å². The molecule has 0 aliphatic carbocycles. The largest absolute Gasteiger partial charge is 0.464 e. The van der Waals surface area contributed by atoms with Gasteiger partial charge in [0.1, 0.15) is 5.78 Å². The predicted molar refractivity (Wildman–Crippen MR) is 45.2 cm³/mol. The molecule has 2 atom stereocenters. The molecule has 4 heteroatoms. The van der Waals surface area contributed by atoms with Crippen LogP contribution in [0.15, 0.2) is 0 Å². The third-order valence-corrected chi connectivity index (χ3v) is 1.87. The van der Waals surface area contributed by atoms with Gasteiger partial charge in [0.05, 0.1) is 12.7 Å². The number of carbonyl (C=O) groups excluding carboxylic acids is 2. The first-order chi connectivity index (χ1) is 6.13. The number of ketones is 1. The van der Waals surface area contributed by atoms with E-state index >= 15 is 0 Å². The third kappa shape index (κ3) is 2.81. The van der Waals surface area contributed by atoms with Gasteiger partial charge in [-0.2, -0.15) is 0 Å². The Morgan fingerprint density at radius 1 is 1.62 bits per heavy atom. The van der Waals surface area contributed by atoms with Gasteiger partial charge in [-0.05, 0) is 13.8 Å². The predicted octanol–water partition coefficient (Wildman–Crippen LogP) is 0.686. The zero-order valence-electron chi connectivity index (χ0n) is 7.91. The second kappa shape index (κ2) is 4.37. The SMILES string of the molecule is CCOC(=O)[C@H]1CC(=O)C[C@@H](C)O1. The number of rotatable bonds is 2. The van der Waals surface area contributed by atoms with E-state index < -0.39 is 12.1 Å². The van der Waals surface area contributed by atoms with Crippen LogP contribution in [0, 0.1) is 0 Å². The monoisotopic (exact) mass is 186 g/mol. The lowest BCUT2D eigenvalue weighted by atomic mass is 10.0. The standard InChI is InChI=1S/C9H14O4/c1-3-12-9(11)8-5-7(10)4-6(2)13-8/h6,8H,3-5H2,1-2H3/t6-,8-/m1/s1. The summed E-state index contributed by atoms with van der Waals surface area (Å²) in [5.41, 5.74) is 0. The number of esters is 1. The smallest absolute Gasteiger partial charge is 0.335 e. The Hall–Kier alpha value is -0.900. The average molecular weight is 186 g/mol. The van der Waals surface area contributed by atoms with Crippen LogP contribution in [0.2, 0.25) is 0 Å². The molecule has 1 aliphatic heterocycles. The lowest BCUT2D eigenvalue weighted by molar-refractivity contribution is -0.167. The summed E-state index contributed by atoms with van der Waals surface area (Å²) in [4.78, 5) is 22.3. The van der Waals surface area contributed by atoms with Crippen LogP contribution in [0.25, 0.3) is 0 Å². The molecule has 1 aliphatic rings. The molecule has 0 spiro atoms. The van der Waals surface area contributed by atoms with E-state index in [0.717, 1.165) is 0 Å². The van der Waals surface area contributed by atoms with Crippen LogP contribution in [0.5, 0.6) is 0 Å². The van der Waals surface area contributed by atoms with Gasteiger partial charge in [0.2, 0.25) is 0 Å². The molecule has 0 amide bonds. The Bertz CT molecular complexity index is 212. The van der Waals surface area contributed by atoms with Gasteiger partial charge >= 0.3 is 5.97 Å². The minimum atomic E-state index is -0.684. The van der Waals surface area contributed by atoms with E-state index in [9.17, 15) is 9.59 Å². The van der Waals surface area contributed by atoms with E-state index in [1.165, 1.54) is 0 Å². The number of Topliss-reactive ketones (excluding diaryl/α,β-unsaturated/α-hetero) is 1. The van der Waals surface area contributed by atoms with Crippen molar-refractivity contribution in [3.63, 3.8) is 0 Å². The Morgan fingerprint density at radius 3 is 2.85 bits per heavy atom. The summed E-state index contributed by atoms with van der Waals surface area (Å²) in [7, 11) is 0. The topological polar surface area (TPSA) is 52.6 Å². The molecule has 1 heterocycles. The molecule has 1 rings (SSSR count). The number of hydrogen-bond acceptors (Lipinski definition) is 4. The fourth-order valence-corrected chi connectivity index (χ4v) is 1.36. The van der Waals surface area contributed by atoms with Gasteiger partial charge in [0.25, 0.3) is 0 Å². The van der Waals surface area contributed by atoms with Gasteiger partial charge < -0.3 is 9.47 Å². The van der Waals surface area contributed by atoms with E-state index in [-0.39, 0.29) is 18.3 Å². The summed E-state index contributed by atoms with van der Waals surface area (Å²) < 4.78 is 10.0. The highest BCUT2D eigenvalue weighted by atomic mass is 16.6. The molecule has 1 fully saturated rings. The van der Waals surface area contributed by atoms with Gasteiger partial charge in [-0.1, -0.05) is 0 Å². The first kappa shape index (κ1) is 10.2. The Kier molecular flexibility index (Phi) is 3.42. The molecule has 74 valence electrons. The normalized spacial score (nSPS) is 28.6. The molecule has 0 saturated carbocycles. The van der Waals surface area contributed by atoms with Crippen molar-refractivity contribution in [1.29, 1.82) is 0 Å².